The van der Waals surface area contributed by atoms with Crippen molar-refractivity contribution in [2.24, 2.45) is 5.92 Å². The van der Waals surface area contributed by atoms with Gasteiger partial charge in [0.05, 0.1) is 5.92 Å². The van der Waals surface area contributed by atoms with E-state index in [9.17, 15) is 9.59 Å². The number of aliphatic carboxylic acids is 1. The van der Waals surface area contributed by atoms with E-state index in [4.69, 9.17) is 5.11 Å². The van der Waals surface area contributed by atoms with Crippen LogP contribution >= 0.6 is 0 Å². The number of carbonyl (C=O) groups is 1. The lowest BCUT2D eigenvalue weighted by molar-refractivity contribution is -0.141. The monoisotopic (exact) mass is 251 g/mol. The number of nitrogens with zero attached hydrogens (tertiary/aromatic N) is 2. The van der Waals surface area contributed by atoms with Gasteiger partial charge in [-0.05, 0) is 13.3 Å². The first-order valence-corrected chi connectivity index (χ1v) is 6.12. The molecule has 0 spiro atoms. The van der Waals surface area contributed by atoms with Gasteiger partial charge in [0.1, 0.15) is 11.6 Å². The number of hydrogen-bond acceptors (Lipinski definition) is 4. The fourth-order valence-corrected chi connectivity index (χ4v) is 2.40. The van der Waals surface area contributed by atoms with Crippen LogP contribution in [0.25, 0.3) is 0 Å². The van der Waals surface area contributed by atoms with E-state index in [0.29, 0.717) is 31.0 Å². The number of carboxylic acids is 1. The predicted molar refractivity (Wildman–Crippen MR) is 66.8 cm³/mol. The van der Waals surface area contributed by atoms with Gasteiger partial charge >= 0.3 is 5.97 Å². The molecule has 18 heavy (non-hydrogen) atoms. The van der Waals surface area contributed by atoms with E-state index in [1.165, 1.54) is 6.07 Å². The van der Waals surface area contributed by atoms with E-state index >= 15 is 0 Å². The molecule has 0 radical (unpaired) electrons. The van der Waals surface area contributed by atoms with Crippen molar-refractivity contribution < 1.29 is 9.90 Å². The SMILES string of the molecule is CCc1nc(N2CCC(C(=O)O)C2C)cc(=O)[nH]1. The molecule has 2 heterocycles. The number of nitrogens with one attached hydrogen (secondary N) is 1. The number of aromatic amines is 1. The number of rotatable bonds is 3. The fraction of sp³-hybridized carbons (Fsp3) is 0.583. The van der Waals surface area contributed by atoms with Crippen LogP contribution in [0.2, 0.25) is 0 Å². The van der Waals surface area contributed by atoms with Crippen LogP contribution in [0, 0.1) is 5.92 Å². The molecule has 0 aliphatic carbocycles. The van der Waals surface area contributed by atoms with Crippen LogP contribution < -0.4 is 10.5 Å². The zero-order valence-corrected chi connectivity index (χ0v) is 10.5. The Balaban J connectivity index is 2.30. The Labute approximate surface area is 105 Å². The Hall–Kier alpha value is -1.85. The van der Waals surface area contributed by atoms with E-state index in [2.05, 4.69) is 9.97 Å². The van der Waals surface area contributed by atoms with E-state index in [1.54, 1.807) is 0 Å². The van der Waals surface area contributed by atoms with Crippen LogP contribution in [0.15, 0.2) is 10.9 Å². The maximum atomic E-state index is 11.5. The minimum Gasteiger partial charge on any atom is -0.481 e. The molecule has 2 N–H and O–H groups in total. The first-order valence-electron chi connectivity index (χ1n) is 6.12. The number of carboxylic acid groups (broad SMARTS) is 1. The fourth-order valence-electron chi connectivity index (χ4n) is 2.40. The van der Waals surface area contributed by atoms with Gasteiger partial charge in [0.2, 0.25) is 0 Å². The first-order chi connectivity index (χ1) is 8.52. The van der Waals surface area contributed by atoms with Crippen molar-refractivity contribution in [3.8, 4) is 0 Å². The van der Waals surface area contributed by atoms with E-state index in [1.807, 2.05) is 18.7 Å². The summed E-state index contributed by atoms with van der Waals surface area (Å²) in [5.41, 5.74) is -0.192. The molecule has 6 heteroatoms. The zero-order chi connectivity index (χ0) is 13.3. The molecule has 1 aromatic rings. The summed E-state index contributed by atoms with van der Waals surface area (Å²) in [5, 5.41) is 9.09. The average Bonchev–Trinajstić information content (AvgIpc) is 2.70. The molecule has 0 amide bonds. The second-order valence-corrected chi connectivity index (χ2v) is 4.57. The summed E-state index contributed by atoms with van der Waals surface area (Å²) in [6.07, 6.45) is 1.24. The molecule has 1 fully saturated rings. The Morgan fingerprint density at radius 2 is 2.39 bits per heavy atom. The van der Waals surface area contributed by atoms with Crippen molar-refractivity contribution in [2.75, 3.05) is 11.4 Å². The minimum atomic E-state index is -0.787. The van der Waals surface area contributed by atoms with Gasteiger partial charge in [-0.3, -0.25) is 9.59 Å². The van der Waals surface area contributed by atoms with Crippen molar-refractivity contribution in [1.82, 2.24) is 9.97 Å². The Kier molecular flexibility index (Phi) is 3.36. The van der Waals surface area contributed by atoms with E-state index < -0.39 is 11.9 Å². The lowest BCUT2D eigenvalue weighted by Crippen LogP contribution is -2.34. The maximum Gasteiger partial charge on any atom is 0.308 e. The van der Waals surface area contributed by atoms with E-state index in [0.717, 1.165) is 0 Å². The highest BCUT2D eigenvalue weighted by molar-refractivity contribution is 5.72. The van der Waals surface area contributed by atoms with Crippen LogP contribution in [-0.4, -0.2) is 33.6 Å². The van der Waals surface area contributed by atoms with Gasteiger partial charge in [0, 0.05) is 25.1 Å². The highest BCUT2D eigenvalue weighted by atomic mass is 16.4. The lowest BCUT2D eigenvalue weighted by atomic mass is 10.0. The van der Waals surface area contributed by atoms with E-state index in [-0.39, 0.29) is 11.6 Å². The van der Waals surface area contributed by atoms with Crippen molar-refractivity contribution in [1.29, 1.82) is 0 Å². The zero-order valence-electron chi connectivity index (χ0n) is 10.5. The number of aryl methyl sites for hydroxylation is 1. The molecular weight excluding hydrogens is 234 g/mol. The summed E-state index contributed by atoms with van der Waals surface area (Å²) in [5.74, 6) is 0.0250. The molecule has 0 bridgehead atoms. The topological polar surface area (TPSA) is 86.3 Å². The van der Waals surface area contributed by atoms with Crippen LogP contribution in [0.4, 0.5) is 5.82 Å². The maximum absolute atomic E-state index is 11.5. The summed E-state index contributed by atoms with van der Waals surface area (Å²) >= 11 is 0. The van der Waals surface area contributed by atoms with Gasteiger partial charge in [-0.2, -0.15) is 0 Å². The van der Waals surface area contributed by atoms with Gasteiger partial charge in [0.15, 0.2) is 0 Å². The number of H-pyrrole nitrogens is 1. The van der Waals surface area contributed by atoms with Crippen LogP contribution in [0.1, 0.15) is 26.1 Å². The molecule has 1 saturated heterocycles. The molecule has 6 nitrogen and oxygen atoms in total. The van der Waals surface area contributed by atoms with Gasteiger partial charge in [0.25, 0.3) is 5.56 Å². The molecule has 2 unspecified atom stereocenters. The molecule has 1 aliphatic rings. The predicted octanol–water partition coefficient (Wildman–Crippen LogP) is 0.632. The van der Waals surface area contributed by atoms with Gasteiger partial charge < -0.3 is 15.0 Å². The van der Waals surface area contributed by atoms with Gasteiger partial charge in [-0.15, -0.1) is 0 Å². The Bertz CT molecular complexity index is 512. The summed E-state index contributed by atoms with van der Waals surface area (Å²) < 4.78 is 0. The molecule has 0 aromatic carbocycles. The average molecular weight is 251 g/mol. The third-order valence-electron chi connectivity index (χ3n) is 3.48. The smallest absolute Gasteiger partial charge is 0.308 e. The van der Waals surface area contributed by atoms with Crippen LogP contribution in [0.5, 0.6) is 0 Å². The molecule has 1 aliphatic heterocycles. The number of anilines is 1. The lowest BCUT2D eigenvalue weighted by Gasteiger charge is -2.24. The summed E-state index contributed by atoms with van der Waals surface area (Å²) in [6.45, 7) is 4.40. The third kappa shape index (κ3) is 2.23. The molecule has 2 rings (SSSR count). The molecule has 98 valence electrons. The second-order valence-electron chi connectivity index (χ2n) is 4.57. The van der Waals surface area contributed by atoms with Crippen molar-refractivity contribution >= 4 is 11.8 Å². The number of aromatic nitrogens is 2. The van der Waals surface area contributed by atoms with Crippen molar-refractivity contribution in [2.45, 2.75) is 32.7 Å². The number of hydrogen-bond donors (Lipinski definition) is 2. The third-order valence-corrected chi connectivity index (χ3v) is 3.48. The first kappa shape index (κ1) is 12.6. The highest BCUT2D eigenvalue weighted by Crippen LogP contribution is 2.27. The van der Waals surface area contributed by atoms with Crippen molar-refractivity contribution in [3.05, 3.63) is 22.2 Å². The molecule has 2 atom stereocenters. The van der Waals surface area contributed by atoms with Gasteiger partial charge in [-0.25, -0.2) is 4.98 Å². The summed E-state index contributed by atoms with van der Waals surface area (Å²) in [6, 6.07) is 1.29. The van der Waals surface area contributed by atoms with Gasteiger partial charge in [-0.1, -0.05) is 6.92 Å². The molecular formula is C12H17N3O3. The quantitative estimate of drug-likeness (QED) is 0.823. The minimum absolute atomic E-state index is 0.137. The summed E-state index contributed by atoms with van der Waals surface area (Å²) in [7, 11) is 0. The highest BCUT2D eigenvalue weighted by Gasteiger charge is 2.36. The molecule has 1 aromatic heterocycles. The van der Waals surface area contributed by atoms with Crippen molar-refractivity contribution in [3.63, 3.8) is 0 Å². The normalized spacial score (nSPS) is 23.3. The van der Waals surface area contributed by atoms with Crippen LogP contribution in [0.3, 0.4) is 0 Å². The summed E-state index contributed by atoms with van der Waals surface area (Å²) in [4.78, 5) is 31.5. The largest absolute Gasteiger partial charge is 0.481 e. The Morgan fingerprint density at radius 1 is 1.67 bits per heavy atom. The Morgan fingerprint density at radius 3 is 2.94 bits per heavy atom. The second kappa shape index (κ2) is 4.80. The standard InChI is InChI=1S/C12H17N3O3/c1-3-9-13-10(6-11(16)14-9)15-5-4-8(7(15)2)12(17)18/h6-8H,3-5H2,1-2H3,(H,17,18)(H,13,14,16). The molecule has 0 saturated carbocycles. The van der Waals surface area contributed by atoms with Crippen LogP contribution in [-0.2, 0) is 11.2 Å².